The second-order valence-corrected chi connectivity index (χ2v) is 18.5. The lowest BCUT2D eigenvalue weighted by Gasteiger charge is -2.40. The van der Waals surface area contributed by atoms with Crippen molar-refractivity contribution in [3.63, 3.8) is 0 Å². The summed E-state index contributed by atoms with van der Waals surface area (Å²) in [5.41, 5.74) is 0. The van der Waals surface area contributed by atoms with Crippen LogP contribution in [0.25, 0.3) is 0 Å². The molecule has 6 atom stereocenters. The zero-order valence-electron chi connectivity index (χ0n) is 42.4. The average molecular weight is 949 g/mol. The number of aliphatic carboxylic acids is 1. The van der Waals surface area contributed by atoms with Crippen LogP contribution in [0.4, 0.5) is 0 Å². The fourth-order valence-corrected chi connectivity index (χ4v) is 7.97. The minimum absolute atomic E-state index is 0.0533. The van der Waals surface area contributed by atoms with Crippen molar-refractivity contribution in [2.75, 3.05) is 13.2 Å². The van der Waals surface area contributed by atoms with E-state index in [2.05, 4.69) is 57.2 Å². The number of esters is 3. The fraction of sp³-hybridized carbons (Fsp3) is 0.818. The predicted octanol–water partition coefficient (Wildman–Crippen LogP) is 12.9. The summed E-state index contributed by atoms with van der Waals surface area (Å²) in [4.78, 5) is 50.8. The number of carboxylic acid groups (broad SMARTS) is 1. The van der Waals surface area contributed by atoms with Crippen LogP contribution in [0.1, 0.15) is 239 Å². The number of carbonyl (C=O) groups excluding carboxylic acids is 3. The number of aliphatic hydroxyl groups excluding tert-OH is 2. The second-order valence-electron chi connectivity index (χ2n) is 18.5. The molecule has 1 rings (SSSR count). The summed E-state index contributed by atoms with van der Waals surface area (Å²) in [6.45, 7) is 5.88. The maximum atomic E-state index is 13.0. The van der Waals surface area contributed by atoms with Gasteiger partial charge in [-0.25, -0.2) is 4.79 Å². The van der Waals surface area contributed by atoms with Gasteiger partial charge in [-0.2, -0.15) is 0 Å². The van der Waals surface area contributed by atoms with E-state index >= 15 is 0 Å². The molecule has 1 aliphatic heterocycles. The van der Waals surface area contributed by atoms with E-state index in [4.69, 9.17) is 23.7 Å². The van der Waals surface area contributed by atoms with Crippen molar-refractivity contribution in [3.05, 3.63) is 36.5 Å². The zero-order chi connectivity index (χ0) is 49.0. The van der Waals surface area contributed by atoms with Gasteiger partial charge in [-0.05, 0) is 70.6 Å². The van der Waals surface area contributed by atoms with Crippen molar-refractivity contribution in [2.45, 2.75) is 276 Å². The van der Waals surface area contributed by atoms with Crippen LogP contribution >= 0.6 is 0 Å². The second kappa shape index (κ2) is 44.2. The molecule has 1 heterocycles. The average Bonchev–Trinajstić information content (AvgIpc) is 3.31. The van der Waals surface area contributed by atoms with Gasteiger partial charge in [0.1, 0.15) is 18.8 Å². The first-order valence-corrected chi connectivity index (χ1v) is 27.0. The maximum absolute atomic E-state index is 13.0. The highest BCUT2D eigenvalue weighted by molar-refractivity contribution is 5.74. The summed E-state index contributed by atoms with van der Waals surface area (Å²) in [5, 5.41) is 31.3. The van der Waals surface area contributed by atoms with Crippen molar-refractivity contribution >= 4 is 23.9 Å². The summed E-state index contributed by atoms with van der Waals surface area (Å²) in [7, 11) is 0. The fourth-order valence-electron chi connectivity index (χ4n) is 7.97. The van der Waals surface area contributed by atoms with Crippen LogP contribution < -0.4 is 0 Å². The molecule has 0 bridgehead atoms. The first-order chi connectivity index (χ1) is 32.6. The Balaban J connectivity index is 2.68. The Morgan fingerprint density at radius 3 is 1.43 bits per heavy atom. The predicted molar refractivity (Wildman–Crippen MR) is 266 cm³/mol. The van der Waals surface area contributed by atoms with Gasteiger partial charge in [0.2, 0.25) is 0 Å². The summed E-state index contributed by atoms with van der Waals surface area (Å²) < 4.78 is 28.3. The van der Waals surface area contributed by atoms with Crippen LogP contribution in [0.3, 0.4) is 0 Å². The summed E-state index contributed by atoms with van der Waals surface area (Å²) in [6, 6.07) is 0. The highest BCUT2D eigenvalue weighted by Gasteiger charge is 2.50. The number of allylic oxidation sites excluding steroid dienone is 6. The molecule has 0 aromatic heterocycles. The highest BCUT2D eigenvalue weighted by atomic mass is 16.7. The van der Waals surface area contributed by atoms with Gasteiger partial charge in [-0.1, -0.05) is 186 Å². The number of hydrogen-bond donors (Lipinski definition) is 3. The Hall–Kier alpha value is -3.06. The summed E-state index contributed by atoms with van der Waals surface area (Å²) in [5.74, 6) is -3.13. The molecule has 1 aliphatic rings. The van der Waals surface area contributed by atoms with E-state index in [0.29, 0.717) is 19.3 Å². The quantitative estimate of drug-likeness (QED) is 0.0228. The molecule has 0 saturated carbocycles. The third kappa shape index (κ3) is 34.8. The van der Waals surface area contributed by atoms with Gasteiger partial charge >= 0.3 is 23.9 Å². The summed E-state index contributed by atoms with van der Waals surface area (Å²) in [6.07, 6.45) is 37.1. The molecule has 0 spiro atoms. The molecule has 1 fully saturated rings. The zero-order valence-corrected chi connectivity index (χ0v) is 42.4. The number of ether oxygens (including phenoxy) is 5. The van der Waals surface area contributed by atoms with Gasteiger partial charge in [-0.15, -0.1) is 0 Å². The largest absolute Gasteiger partial charge is 0.479 e. The Bertz CT molecular complexity index is 1310. The minimum atomic E-state index is -1.90. The first kappa shape index (κ1) is 62.0. The lowest BCUT2D eigenvalue weighted by molar-refractivity contribution is -0.301. The van der Waals surface area contributed by atoms with Crippen molar-refractivity contribution in [2.24, 2.45) is 0 Å². The number of carboxylic acids is 1. The molecule has 0 amide bonds. The van der Waals surface area contributed by atoms with Crippen LogP contribution in [-0.4, -0.2) is 89.2 Å². The molecule has 0 radical (unpaired) electrons. The third-order valence-corrected chi connectivity index (χ3v) is 12.2. The normalized spacial score (nSPS) is 19.1. The van der Waals surface area contributed by atoms with Gasteiger partial charge in [0.05, 0.1) is 6.61 Å². The Morgan fingerprint density at radius 1 is 0.493 bits per heavy atom. The molecule has 67 heavy (non-hydrogen) atoms. The number of rotatable bonds is 45. The number of carbonyl (C=O) groups is 4. The van der Waals surface area contributed by atoms with Gasteiger partial charge in [0.15, 0.2) is 24.6 Å². The lowest BCUT2D eigenvalue weighted by atomic mass is 9.98. The van der Waals surface area contributed by atoms with Crippen LogP contribution in [0, 0.1) is 0 Å². The van der Waals surface area contributed by atoms with Gasteiger partial charge in [0, 0.05) is 19.3 Å². The smallest absolute Gasteiger partial charge is 0.335 e. The monoisotopic (exact) mass is 949 g/mol. The van der Waals surface area contributed by atoms with Crippen LogP contribution in [-0.2, 0) is 42.9 Å². The minimum Gasteiger partial charge on any atom is -0.479 e. The Morgan fingerprint density at radius 2 is 0.910 bits per heavy atom. The Labute approximate surface area is 406 Å². The molecule has 3 N–H and O–H groups in total. The third-order valence-electron chi connectivity index (χ3n) is 12.2. The van der Waals surface area contributed by atoms with Crippen molar-refractivity contribution in [1.82, 2.24) is 0 Å². The van der Waals surface area contributed by atoms with Crippen molar-refractivity contribution < 1.29 is 58.2 Å². The maximum Gasteiger partial charge on any atom is 0.335 e. The van der Waals surface area contributed by atoms with E-state index in [1.807, 2.05) is 0 Å². The van der Waals surface area contributed by atoms with Crippen LogP contribution in [0.5, 0.6) is 0 Å². The lowest BCUT2D eigenvalue weighted by Crippen LogP contribution is -2.61. The molecule has 12 heteroatoms. The number of hydrogen-bond acceptors (Lipinski definition) is 11. The van der Waals surface area contributed by atoms with E-state index < -0.39 is 67.3 Å². The van der Waals surface area contributed by atoms with Gasteiger partial charge in [0.25, 0.3) is 0 Å². The number of unbranched alkanes of at least 4 members (excludes halogenated alkanes) is 25. The van der Waals surface area contributed by atoms with Crippen LogP contribution in [0.2, 0.25) is 0 Å². The first-order valence-electron chi connectivity index (χ1n) is 27.0. The van der Waals surface area contributed by atoms with E-state index in [0.717, 1.165) is 116 Å². The molecular weight excluding hydrogens is 853 g/mol. The molecular formula is C55H96O12. The van der Waals surface area contributed by atoms with Crippen molar-refractivity contribution in [3.8, 4) is 0 Å². The SMILES string of the molecule is CCCC/C=C\CCCCCCCC(=O)OCC(COC1OC(C(=O)O)C(O)C(O)C1OC(=O)CCCCCCCCC/C=C\C/C=C\CCCCC)OC(=O)CCCCCCCCCCC. The standard InChI is InChI=1S/C55H96O12/c1-4-7-10-13-16-19-21-22-23-24-25-26-28-31-34-37-40-43-49(58)66-53-51(60)50(59)52(54(61)62)67-55(53)64-45-46(65-48(57)42-39-36-33-29-18-15-12-9-6-3)44-63-47(56)41-38-35-32-30-27-20-17-14-11-8-5-2/h14,16-17,19,22-23,46,50-53,55,59-60H,4-13,15,18,20-21,24-45H2,1-3H3,(H,61,62)/b17-14-,19-16-,23-22-. The van der Waals surface area contributed by atoms with Gasteiger partial charge in [-0.3, -0.25) is 14.4 Å². The Kier molecular flexibility index (Phi) is 40.8. The summed E-state index contributed by atoms with van der Waals surface area (Å²) >= 11 is 0. The molecule has 388 valence electrons. The van der Waals surface area contributed by atoms with E-state index in [1.165, 1.54) is 64.2 Å². The molecule has 0 aromatic carbocycles. The van der Waals surface area contributed by atoms with Gasteiger partial charge < -0.3 is 39.0 Å². The number of aliphatic hydroxyl groups is 2. The van der Waals surface area contributed by atoms with E-state index in [-0.39, 0.29) is 25.9 Å². The van der Waals surface area contributed by atoms with Crippen LogP contribution in [0.15, 0.2) is 36.5 Å². The highest BCUT2D eigenvalue weighted by Crippen LogP contribution is 2.26. The molecule has 1 saturated heterocycles. The molecule has 12 nitrogen and oxygen atoms in total. The van der Waals surface area contributed by atoms with Crippen molar-refractivity contribution in [1.29, 1.82) is 0 Å². The molecule has 0 aliphatic carbocycles. The van der Waals surface area contributed by atoms with E-state index in [1.54, 1.807) is 0 Å². The molecule has 0 aromatic rings. The van der Waals surface area contributed by atoms with E-state index in [9.17, 15) is 34.5 Å². The topological polar surface area (TPSA) is 175 Å². The molecule has 6 unspecified atom stereocenters.